The largest absolute Gasteiger partial charge is 0.497 e. The van der Waals surface area contributed by atoms with Gasteiger partial charge in [-0.25, -0.2) is 0 Å². The summed E-state index contributed by atoms with van der Waals surface area (Å²) in [7, 11) is 5.38. The van der Waals surface area contributed by atoms with E-state index in [1.165, 1.54) is 12.1 Å². The van der Waals surface area contributed by atoms with Gasteiger partial charge in [0.1, 0.15) is 5.75 Å². The molecule has 31 heavy (non-hydrogen) atoms. The highest BCUT2D eigenvalue weighted by atomic mass is 35.5. The molecule has 2 aromatic rings. The minimum absolute atomic E-state index is 0. The van der Waals surface area contributed by atoms with E-state index in [1.807, 2.05) is 50.2 Å². The van der Waals surface area contributed by atoms with Crippen LogP contribution in [0.2, 0.25) is 0 Å². The molecular formula is C23H28ClF3N2O2. The van der Waals surface area contributed by atoms with E-state index in [9.17, 15) is 18.0 Å². The molecule has 0 spiro atoms. The van der Waals surface area contributed by atoms with Gasteiger partial charge in [-0.3, -0.25) is 4.79 Å². The van der Waals surface area contributed by atoms with E-state index in [1.54, 1.807) is 12.0 Å². The number of likely N-dealkylation sites (N-methyl/N-ethyl adjacent to an activating group) is 1. The van der Waals surface area contributed by atoms with E-state index in [0.717, 1.165) is 11.6 Å². The molecule has 2 aromatic carbocycles. The maximum absolute atomic E-state index is 13.4. The second-order valence-corrected chi connectivity index (χ2v) is 8.01. The Hall–Kier alpha value is -2.25. The SMILES string of the molecule is COc1ccc([C@H]2Cc3cc(C(F)(F)F)ccc3N(CCN(C)C)C(=O)[C@H]2C)cc1.Cl. The molecule has 0 bridgehead atoms. The molecule has 0 unspecified atom stereocenters. The monoisotopic (exact) mass is 456 g/mol. The van der Waals surface area contributed by atoms with Crippen molar-refractivity contribution in [2.75, 3.05) is 39.2 Å². The van der Waals surface area contributed by atoms with E-state index >= 15 is 0 Å². The van der Waals surface area contributed by atoms with Crippen molar-refractivity contribution in [2.45, 2.75) is 25.4 Å². The summed E-state index contributed by atoms with van der Waals surface area (Å²) >= 11 is 0. The lowest BCUT2D eigenvalue weighted by Crippen LogP contribution is -2.40. The van der Waals surface area contributed by atoms with Crippen molar-refractivity contribution < 1.29 is 22.7 Å². The minimum atomic E-state index is -4.43. The lowest BCUT2D eigenvalue weighted by molar-refractivity contribution is -0.137. The molecule has 8 heteroatoms. The highest BCUT2D eigenvalue weighted by Gasteiger charge is 2.37. The van der Waals surface area contributed by atoms with Crippen molar-refractivity contribution >= 4 is 24.0 Å². The maximum atomic E-state index is 13.4. The van der Waals surface area contributed by atoms with Crippen molar-refractivity contribution in [3.63, 3.8) is 0 Å². The summed E-state index contributed by atoms with van der Waals surface area (Å²) in [5.74, 6) is 0.0205. The van der Waals surface area contributed by atoms with Crippen LogP contribution in [-0.2, 0) is 17.4 Å². The number of carbonyl (C=O) groups is 1. The van der Waals surface area contributed by atoms with Gasteiger partial charge >= 0.3 is 6.18 Å². The molecule has 0 radical (unpaired) electrons. The zero-order chi connectivity index (χ0) is 22.1. The number of ether oxygens (including phenoxy) is 1. The zero-order valence-corrected chi connectivity index (χ0v) is 18.9. The summed E-state index contributed by atoms with van der Waals surface area (Å²) in [5.41, 5.74) is 1.33. The van der Waals surface area contributed by atoms with Crippen LogP contribution in [-0.4, -0.2) is 45.1 Å². The predicted octanol–water partition coefficient (Wildman–Crippen LogP) is 5.01. The summed E-state index contributed by atoms with van der Waals surface area (Å²) in [6.45, 7) is 2.90. The number of carbonyl (C=O) groups excluding carboxylic acids is 1. The van der Waals surface area contributed by atoms with E-state index in [0.29, 0.717) is 36.5 Å². The molecule has 0 saturated heterocycles. The average Bonchev–Trinajstić information content (AvgIpc) is 2.80. The third kappa shape index (κ3) is 5.52. The van der Waals surface area contributed by atoms with Gasteiger partial charge < -0.3 is 14.5 Å². The second-order valence-electron chi connectivity index (χ2n) is 8.01. The Kier molecular flexibility index (Phi) is 8.00. The number of benzene rings is 2. The molecule has 1 amide bonds. The van der Waals surface area contributed by atoms with Gasteiger partial charge in [0.05, 0.1) is 12.7 Å². The van der Waals surface area contributed by atoms with Gasteiger partial charge in [-0.05, 0) is 67.9 Å². The third-order valence-electron chi connectivity index (χ3n) is 5.71. The number of nitrogens with zero attached hydrogens (tertiary/aromatic N) is 2. The first-order valence-electron chi connectivity index (χ1n) is 9.92. The Morgan fingerprint density at radius 2 is 1.77 bits per heavy atom. The lowest BCUT2D eigenvalue weighted by atomic mass is 9.82. The quantitative estimate of drug-likeness (QED) is 0.634. The van der Waals surface area contributed by atoms with Crippen LogP contribution in [0, 0.1) is 5.92 Å². The van der Waals surface area contributed by atoms with Gasteiger partial charge in [-0.15, -0.1) is 12.4 Å². The third-order valence-corrected chi connectivity index (χ3v) is 5.71. The van der Waals surface area contributed by atoms with Crippen LogP contribution in [0.25, 0.3) is 0 Å². The van der Waals surface area contributed by atoms with Crippen molar-refractivity contribution in [1.82, 2.24) is 4.90 Å². The van der Waals surface area contributed by atoms with E-state index in [4.69, 9.17) is 4.74 Å². The predicted molar refractivity (Wildman–Crippen MR) is 118 cm³/mol. The zero-order valence-electron chi connectivity index (χ0n) is 18.1. The van der Waals surface area contributed by atoms with Crippen molar-refractivity contribution in [3.05, 3.63) is 59.2 Å². The molecule has 3 rings (SSSR count). The van der Waals surface area contributed by atoms with Crippen LogP contribution in [0.1, 0.15) is 29.5 Å². The Morgan fingerprint density at radius 1 is 1.13 bits per heavy atom. The topological polar surface area (TPSA) is 32.8 Å². The fourth-order valence-electron chi connectivity index (χ4n) is 3.93. The molecule has 0 fully saturated rings. The van der Waals surface area contributed by atoms with E-state index < -0.39 is 11.7 Å². The smallest absolute Gasteiger partial charge is 0.416 e. The van der Waals surface area contributed by atoms with Crippen LogP contribution in [0.3, 0.4) is 0 Å². The van der Waals surface area contributed by atoms with Gasteiger partial charge in [0, 0.05) is 24.7 Å². The summed E-state index contributed by atoms with van der Waals surface area (Å²) < 4.78 is 45.3. The first kappa shape index (κ1) is 25.0. The number of fused-ring (bicyclic) bond motifs is 1. The highest BCUT2D eigenvalue weighted by molar-refractivity contribution is 5.97. The molecule has 1 aliphatic heterocycles. The van der Waals surface area contributed by atoms with Crippen LogP contribution >= 0.6 is 12.4 Å². The number of alkyl halides is 3. The maximum Gasteiger partial charge on any atom is 0.416 e. The van der Waals surface area contributed by atoms with Crippen molar-refractivity contribution in [3.8, 4) is 5.75 Å². The van der Waals surface area contributed by atoms with Crippen molar-refractivity contribution in [1.29, 1.82) is 0 Å². The Labute approximate surface area is 187 Å². The molecule has 170 valence electrons. The molecule has 1 aliphatic rings. The standard InChI is InChI=1S/C23H27F3N2O2.ClH/c1-15-20(16-5-8-19(30-4)9-6-16)14-17-13-18(23(24,25)26)7-10-21(17)28(22(15)29)12-11-27(2)3;/h5-10,13,15,20H,11-12,14H2,1-4H3;1H/t15-,20-;/m0./s1. The summed E-state index contributed by atoms with van der Waals surface area (Å²) in [4.78, 5) is 17.0. The molecule has 4 nitrogen and oxygen atoms in total. The summed E-state index contributed by atoms with van der Waals surface area (Å²) in [5, 5.41) is 0. The molecule has 0 N–H and O–H groups in total. The number of rotatable bonds is 5. The fraction of sp³-hybridized carbons (Fsp3) is 0.435. The minimum Gasteiger partial charge on any atom is -0.497 e. The number of anilines is 1. The summed E-state index contributed by atoms with van der Waals surface area (Å²) in [6.07, 6.45) is -4.07. The highest BCUT2D eigenvalue weighted by Crippen LogP contribution is 2.40. The van der Waals surface area contributed by atoms with E-state index in [2.05, 4.69) is 0 Å². The number of hydrogen-bond acceptors (Lipinski definition) is 3. The molecule has 0 aromatic heterocycles. The number of hydrogen-bond donors (Lipinski definition) is 0. The van der Waals surface area contributed by atoms with Crippen LogP contribution < -0.4 is 9.64 Å². The Morgan fingerprint density at radius 3 is 2.32 bits per heavy atom. The number of methoxy groups -OCH3 is 1. The second kappa shape index (κ2) is 9.92. The molecule has 2 atom stereocenters. The molecular weight excluding hydrogens is 429 g/mol. The normalized spacial score (nSPS) is 19.0. The number of halogens is 4. The fourth-order valence-corrected chi connectivity index (χ4v) is 3.93. The van der Waals surface area contributed by atoms with Gasteiger partial charge in [-0.1, -0.05) is 19.1 Å². The molecule has 1 heterocycles. The van der Waals surface area contributed by atoms with Crippen LogP contribution in [0.4, 0.5) is 18.9 Å². The summed E-state index contributed by atoms with van der Waals surface area (Å²) in [6, 6.07) is 11.1. The Bertz CT molecular complexity index is 901. The number of amides is 1. The van der Waals surface area contributed by atoms with Gasteiger partial charge in [0.15, 0.2) is 0 Å². The van der Waals surface area contributed by atoms with E-state index in [-0.39, 0.29) is 30.2 Å². The lowest BCUT2D eigenvalue weighted by Gasteiger charge is -2.27. The van der Waals surface area contributed by atoms with Crippen LogP contribution in [0.5, 0.6) is 5.75 Å². The van der Waals surface area contributed by atoms with Gasteiger partial charge in [0.25, 0.3) is 0 Å². The van der Waals surface area contributed by atoms with Crippen molar-refractivity contribution in [2.24, 2.45) is 5.92 Å². The van der Waals surface area contributed by atoms with Crippen LogP contribution in [0.15, 0.2) is 42.5 Å². The first-order chi connectivity index (χ1) is 14.1. The van der Waals surface area contributed by atoms with Gasteiger partial charge in [-0.2, -0.15) is 13.2 Å². The molecule has 0 saturated carbocycles. The average molecular weight is 457 g/mol. The molecule has 0 aliphatic carbocycles. The van der Waals surface area contributed by atoms with Gasteiger partial charge in [0.2, 0.25) is 5.91 Å². The first-order valence-corrected chi connectivity index (χ1v) is 9.92. The Balaban J connectivity index is 0.00000341.